The zero-order valence-electron chi connectivity index (χ0n) is 12.8. The number of allylic oxidation sites excluding steroid dienone is 1. The third kappa shape index (κ3) is 7.73. The van der Waals surface area contributed by atoms with Gasteiger partial charge in [0.2, 0.25) is 0 Å². The van der Waals surface area contributed by atoms with E-state index in [0.717, 1.165) is 5.57 Å². The number of hydrogen-bond acceptors (Lipinski definition) is 4. The quantitative estimate of drug-likeness (QED) is 0.282. The van der Waals surface area contributed by atoms with Crippen LogP contribution in [0.25, 0.3) is 0 Å². The van der Waals surface area contributed by atoms with E-state index in [1.807, 2.05) is 13.8 Å². The van der Waals surface area contributed by atoms with Gasteiger partial charge in [0.05, 0.1) is 15.1 Å². The van der Waals surface area contributed by atoms with Crippen molar-refractivity contribution in [3.63, 3.8) is 0 Å². The number of esters is 2. The van der Waals surface area contributed by atoms with Gasteiger partial charge in [-0.3, -0.25) is 9.59 Å². The number of benzene rings is 1. The average molecular weight is 380 g/mol. The first-order valence-electron chi connectivity index (χ1n) is 6.93. The predicted molar refractivity (Wildman–Crippen MR) is 91.3 cm³/mol. The molecule has 0 aromatic heterocycles. The molecule has 23 heavy (non-hydrogen) atoms. The molecule has 4 nitrogen and oxygen atoms in total. The van der Waals surface area contributed by atoms with Crippen LogP contribution in [0.2, 0.25) is 15.1 Å². The highest BCUT2D eigenvalue weighted by Gasteiger charge is 2.12. The van der Waals surface area contributed by atoms with Gasteiger partial charge in [0, 0.05) is 18.9 Å². The molecule has 0 fully saturated rings. The summed E-state index contributed by atoms with van der Waals surface area (Å²) >= 11 is 17.5. The molecule has 0 N–H and O–H groups in total. The minimum absolute atomic E-state index is 0.0638. The van der Waals surface area contributed by atoms with Gasteiger partial charge in [-0.05, 0) is 32.4 Å². The topological polar surface area (TPSA) is 52.6 Å². The smallest absolute Gasteiger partial charge is 0.311 e. The zero-order valence-corrected chi connectivity index (χ0v) is 15.1. The second-order valence-corrected chi connectivity index (χ2v) is 6.21. The van der Waals surface area contributed by atoms with Crippen molar-refractivity contribution in [2.24, 2.45) is 0 Å². The fourth-order valence-corrected chi connectivity index (χ4v) is 2.08. The first kappa shape index (κ1) is 19.8. The summed E-state index contributed by atoms with van der Waals surface area (Å²) in [5.74, 6) is -0.734. The van der Waals surface area contributed by atoms with Crippen LogP contribution < -0.4 is 4.74 Å². The lowest BCUT2D eigenvalue weighted by molar-refractivity contribution is -0.142. The van der Waals surface area contributed by atoms with Crippen molar-refractivity contribution < 1.29 is 19.1 Å². The van der Waals surface area contributed by atoms with Crippen molar-refractivity contribution in [2.75, 3.05) is 6.61 Å². The maximum Gasteiger partial charge on any atom is 0.311 e. The second kappa shape index (κ2) is 9.81. The Balaban J connectivity index is 2.36. The van der Waals surface area contributed by atoms with Crippen LogP contribution in [0.5, 0.6) is 5.75 Å². The van der Waals surface area contributed by atoms with E-state index >= 15 is 0 Å². The molecular formula is C16H17Cl3O4. The van der Waals surface area contributed by atoms with Crippen LogP contribution in [0, 0.1) is 0 Å². The fourth-order valence-electron chi connectivity index (χ4n) is 1.51. The van der Waals surface area contributed by atoms with E-state index < -0.39 is 5.97 Å². The van der Waals surface area contributed by atoms with Crippen LogP contribution in [0.3, 0.4) is 0 Å². The summed E-state index contributed by atoms with van der Waals surface area (Å²) in [6.45, 7) is 4.07. The number of ether oxygens (including phenoxy) is 2. The Morgan fingerprint density at radius 1 is 1.00 bits per heavy atom. The lowest BCUT2D eigenvalue weighted by Crippen LogP contribution is -2.10. The minimum Gasteiger partial charge on any atom is -0.461 e. The first-order valence-corrected chi connectivity index (χ1v) is 8.07. The lowest BCUT2D eigenvalue weighted by Gasteiger charge is -2.07. The molecule has 1 aromatic carbocycles. The van der Waals surface area contributed by atoms with Gasteiger partial charge in [0.15, 0.2) is 5.75 Å². The minimum atomic E-state index is -0.512. The van der Waals surface area contributed by atoms with Gasteiger partial charge in [0.1, 0.15) is 6.61 Å². The van der Waals surface area contributed by atoms with Crippen LogP contribution in [0.1, 0.15) is 33.1 Å². The molecule has 0 atom stereocenters. The normalized spacial score (nSPS) is 10.1. The zero-order chi connectivity index (χ0) is 17.4. The number of halogens is 3. The third-order valence-corrected chi connectivity index (χ3v) is 3.71. The van der Waals surface area contributed by atoms with E-state index in [2.05, 4.69) is 0 Å². The van der Waals surface area contributed by atoms with Gasteiger partial charge in [0.25, 0.3) is 0 Å². The molecule has 0 amide bonds. The van der Waals surface area contributed by atoms with Crippen LogP contribution in [-0.2, 0) is 14.3 Å². The summed E-state index contributed by atoms with van der Waals surface area (Å²) < 4.78 is 10.1. The Kier molecular flexibility index (Phi) is 8.45. The number of hydrogen-bond donors (Lipinski definition) is 0. The van der Waals surface area contributed by atoms with Crippen molar-refractivity contribution in [3.8, 4) is 5.75 Å². The van der Waals surface area contributed by atoms with Crippen LogP contribution in [0.15, 0.2) is 23.8 Å². The Morgan fingerprint density at radius 2 is 1.61 bits per heavy atom. The van der Waals surface area contributed by atoms with E-state index in [9.17, 15) is 9.59 Å². The van der Waals surface area contributed by atoms with Gasteiger partial charge < -0.3 is 9.47 Å². The van der Waals surface area contributed by atoms with Crippen molar-refractivity contribution in [1.29, 1.82) is 0 Å². The summed E-state index contributed by atoms with van der Waals surface area (Å²) in [5.41, 5.74) is 1.07. The van der Waals surface area contributed by atoms with E-state index in [-0.39, 0.29) is 46.2 Å². The summed E-state index contributed by atoms with van der Waals surface area (Å²) in [6, 6.07) is 2.77. The molecule has 0 aliphatic carbocycles. The van der Waals surface area contributed by atoms with Crippen LogP contribution in [-0.4, -0.2) is 18.5 Å². The molecule has 0 saturated heterocycles. The van der Waals surface area contributed by atoms with E-state index in [1.54, 1.807) is 6.08 Å². The summed E-state index contributed by atoms with van der Waals surface area (Å²) in [7, 11) is 0. The standard InChI is InChI=1S/C16H17Cl3O4/c1-10(2)6-7-22-15(20)4-3-5-16(21)23-14-9-12(18)11(17)8-13(14)19/h6,8-9H,3-5,7H2,1-2H3. The molecule has 0 aliphatic heterocycles. The summed E-state index contributed by atoms with van der Waals surface area (Å²) in [4.78, 5) is 23.2. The molecule has 1 aromatic rings. The Labute approximate surface area is 150 Å². The van der Waals surface area contributed by atoms with E-state index in [4.69, 9.17) is 44.3 Å². The number of carbonyl (C=O) groups excluding carboxylic acids is 2. The largest absolute Gasteiger partial charge is 0.461 e. The predicted octanol–water partition coefficient (Wildman–Crippen LogP) is 5.23. The first-order chi connectivity index (χ1) is 10.8. The Bertz CT molecular complexity index is 608. The Morgan fingerprint density at radius 3 is 2.26 bits per heavy atom. The molecule has 126 valence electrons. The lowest BCUT2D eigenvalue weighted by atomic mass is 10.2. The SMILES string of the molecule is CC(C)=CCOC(=O)CCCC(=O)Oc1cc(Cl)c(Cl)cc1Cl. The van der Waals surface area contributed by atoms with Crippen molar-refractivity contribution in [3.05, 3.63) is 38.8 Å². The molecule has 0 spiro atoms. The maximum absolute atomic E-state index is 11.7. The van der Waals surface area contributed by atoms with Gasteiger partial charge in [-0.2, -0.15) is 0 Å². The summed E-state index contributed by atoms with van der Waals surface area (Å²) in [6.07, 6.45) is 2.33. The maximum atomic E-state index is 11.7. The van der Waals surface area contributed by atoms with Crippen molar-refractivity contribution in [2.45, 2.75) is 33.1 Å². The average Bonchev–Trinajstić information content (AvgIpc) is 2.44. The third-order valence-electron chi connectivity index (χ3n) is 2.70. The second-order valence-electron chi connectivity index (χ2n) is 4.99. The molecule has 0 radical (unpaired) electrons. The van der Waals surface area contributed by atoms with Gasteiger partial charge >= 0.3 is 11.9 Å². The number of carbonyl (C=O) groups is 2. The fraction of sp³-hybridized carbons (Fsp3) is 0.375. The van der Waals surface area contributed by atoms with E-state index in [1.165, 1.54) is 12.1 Å². The molecular weight excluding hydrogens is 363 g/mol. The molecule has 0 saturated carbocycles. The summed E-state index contributed by atoms with van der Waals surface area (Å²) in [5, 5.41) is 0.700. The van der Waals surface area contributed by atoms with Gasteiger partial charge in [-0.25, -0.2) is 0 Å². The van der Waals surface area contributed by atoms with Crippen molar-refractivity contribution >= 4 is 46.7 Å². The highest BCUT2D eigenvalue weighted by Crippen LogP contribution is 2.34. The van der Waals surface area contributed by atoms with Gasteiger partial charge in [-0.15, -0.1) is 0 Å². The molecule has 0 aliphatic rings. The van der Waals surface area contributed by atoms with Crippen molar-refractivity contribution in [1.82, 2.24) is 0 Å². The van der Waals surface area contributed by atoms with Gasteiger partial charge in [-0.1, -0.05) is 40.4 Å². The molecule has 0 heterocycles. The highest BCUT2D eigenvalue weighted by molar-refractivity contribution is 6.43. The highest BCUT2D eigenvalue weighted by atomic mass is 35.5. The number of rotatable bonds is 7. The van der Waals surface area contributed by atoms with Crippen LogP contribution >= 0.6 is 34.8 Å². The molecule has 0 bridgehead atoms. The monoisotopic (exact) mass is 378 g/mol. The molecule has 0 unspecified atom stereocenters. The Hall–Kier alpha value is -1.23. The van der Waals surface area contributed by atoms with Crippen LogP contribution in [0.4, 0.5) is 0 Å². The molecule has 7 heteroatoms. The van der Waals surface area contributed by atoms with E-state index in [0.29, 0.717) is 6.42 Å². The molecule has 1 rings (SSSR count).